The Labute approximate surface area is 82.4 Å². The first-order valence-corrected chi connectivity index (χ1v) is 4.57. The van der Waals surface area contributed by atoms with Crippen molar-refractivity contribution >= 4 is 5.97 Å². The van der Waals surface area contributed by atoms with Crippen LogP contribution in [0.5, 0.6) is 0 Å². The van der Waals surface area contributed by atoms with Gasteiger partial charge in [-0.1, -0.05) is 25.1 Å². The highest BCUT2D eigenvalue weighted by Crippen LogP contribution is 2.12. The van der Waals surface area contributed by atoms with Gasteiger partial charge in [-0.15, -0.1) is 0 Å². The van der Waals surface area contributed by atoms with E-state index in [1.54, 1.807) is 25.1 Å². The molecule has 76 valence electrons. The van der Waals surface area contributed by atoms with Crippen LogP contribution in [-0.2, 0) is 11.2 Å². The Kier molecular flexibility index (Phi) is 3.63. The number of carboxylic acid groups (broad SMARTS) is 1. The number of carboxylic acids is 1. The first-order chi connectivity index (χ1) is 6.61. The third kappa shape index (κ3) is 2.83. The Morgan fingerprint density at radius 2 is 2.14 bits per heavy atom. The van der Waals surface area contributed by atoms with Crippen LogP contribution in [0.3, 0.4) is 0 Å². The van der Waals surface area contributed by atoms with Gasteiger partial charge in [-0.2, -0.15) is 0 Å². The molecule has 0 radical (unpaired) electrons. The zero-order valence-corrected chi connectivity index (χ0v) is 8.03. The molecule has 0 aromatic heterocycles. The maximum atomic E-state index is 13.1. The van der Waals surface area contributed by atoms with Crippen molar-refractivity contribution in [1.29, 1.82) is 0 Å². The average Bonchev–Trinajstić information content (AvgIpc) is 2.16. The summed E-state index contributed by atoms with van der Waals surface area (Å²) in [6.45, 7) is 1.63. The summed E-state index contributed by atoms with van der Waals surface area (Å²) in [5, 5.41) is 8.64. The topological polar surface area (TPSA) is 37.3 Å². The van der Waals surface area contributed by atoms with Gasteiger partial charge in [0.1, 0.15) is 5.82 Å². The zero-order chi connectivity index (χ0) is 10.6. The molecule has 0 saturated heterocycles. The number of benzene rings is 1. The molecule has 0 aliphatic rings. The van der Waals surface area contributed by atoms with Gasteiger partial charge in [-0.05, 0) is 24.5 Å². The number of hydrogen-bond acceptors (Lipinski definition) is 1. The quantitative estimate of drug-likeness (QED) is 0.803. The van der Waals surface area contributed by atoms with Gasteiger partial charge in [0.05, 0.1) is 5.92 Å². The number of aliphatic carboxylic acids is 1. The van der Waals surface area contributed by atoms with Crippen LogP contribution in [-0.4, -0.2) is 11.1 Å². The minimum atomic E-state index is -0.832. The molecule has 0 heterocycles. The van der Waals surface area contributed by atoms with Crippen LogP contribution in [0.15, 0.2) is 24.3 Å². The second-order valence-electron chi connectivity index (χ2n) is 3.37. The van der Waals surface area contributed by atoms with Crippen molar-refractivity contribution in [3.05, 3.63) is 35.6 Å². The molecule has 14 heavy (non-hydrogen) atoms. The fourth-order valence-corrected chi connectivity index (χ4v) is 1.20. The molecular formula is C11H13FO2. The first kappa shape index (κ1) is 10.7. The highest BCUT2D eigenvalue weighted by molar-refractivity contribution is 5.69. The molecule has 1 atom stereocenters. The van der Waals surface area contributed by atoms with E-state index in [-0.39, 0.29) is 5.82 Å². The molecule has 1 aromatic carbocycles. The van der Waals surface area contributed by atoms with E-state index in [2.05, 4.69) is 0 Å². The highest BCUT2D eigenvalue weighted by atomic mass is 19.1. The summed E-state index contributed by atoms with van der Waals surface area (Å²) in [5.74, 6) is -1.51. The van der Waals surface area contributed by atoms with Gasteiger partial charge in [0, 0.05) is 0 Å². The third-order valence-electron chi connectivity index (χ3n) is 2.23. The zero-order valence-electron chi connectivity index (χ0n) is 8.03. The fraction of sp³-hybridized carbons (Fsp3) is 0.364. The number of carbonyl (C=O) groups is 1. The van der Waals surface area contributed by atoms with Gasteiger partial charge in [-0.3, -0.25) is 4.79 Å². The molecule has 3 heteroatoms. The second-order valence-corrected chi connectivity index (χ2v) is 3.37. The van der Waals surface area contributed by atoms with E-state index in [0.29, 0.717) is 18.4 Å². The van der Waals surface area contributed by atoms with Crippen LogP contribution in [0.25, 0.3) is 0 Å². The van der Waals surface area contributed by atoms with Crippen LogP contribution in [0, 0.1) is 11.7 Å². The van der Waals surface area contributed by atoms with Gasteiger partial charge in [0.15, 0.2) is 0 Å². The Morgan fingerprint density at radius 1 is 1.50 bits per heavy atom. The normalized spacial score (nSPS) is 12.4. The van der Waals surface area contributed by atoms with Crippen molar-refractivity contribution < 1.29 is 14.3 Å². The second kappa shape index (κ2) is 4.74. The SMILES string of the molecule is C[C@@H](CCc1ccccc1F)C(=O)O. The summed E-state index contributed by atoms with van der Waals surface area (Å²) in [4.78, 5) is 10.5. The van der Waals surface area contributed by atoms with Gasteiger partial charge >= 0.3 is 5.97 Å². The molecule has 0 amide bonds. The van der Waals surface area contributed by atoms with E-state index in [1.165, 1.54) is 6.07 Å². The highest BCUT2D eigenvalue weighted by Gasteiger charge is 2.11. The maximum absolute atomic E-state index is 13.1. The minimum Gasteiger partial charge on any atom is -0.481 e. The number of aryl methyl sites for hydroxylation is 1. The number of rotatable bonds is 4. The predicted octanol–water partition coefficient (Wildman–Crippen LogP) is 2.48. The van der Waals surface area contributed by atoms with Gasteiger partial charge in [0.2, 0.25) is 0 Å². The lowest BCUT2D eigenvalue weighted by Gasteiger charge is -2.06. The molecule has 1 rings (SSSR count). The molecule has 0 spiro atoms. The lowest BCUT2D eigenvalue weighted by Crippen LogP contribution is -2.10. The van der Waals surface area contributed by atoms with E-state index in [0.717, 1.165) is 0 Å². The van der Waals surface area contributed by atoms with Crippen molar-refractivity contribution in [1.82, 2.24) is 0 Å². The van der Waals surface area contributed by atoms with Crippen molar-refractivity contribution in [2.24, 2.45) is 5.92 Å². The van der Waals surface area contributed by atoms with Crippen LogP contribution in [0.2, 0.25) is 0 Å². The fourth-order valence-electron chi connectivity index (χ4n) is 1.20. The number of hydrogen-bond donors (Lipinski definition) is 1. The summed E-state index contributed by atoms with van der Waals surface area (Å²) in [6, 6.07) is 6.45. The third-order valence-corrected chi connectivity index (χ3v) is 2.23. The summed E-state index contributed by atoms with van der Waals surface area (Å²) in [7, 11) is 0. The standard InChI is InChI=1S/C11H13FO2/c1-8(11(13)14)6-7-9-4-2-3-5-10(9)12/h2-5,8H,6-7H2,1H3,(H,13,14)/t8-/m0/s1. The van der Waals surface area contributed by atoms with Crippen LogP contribution in [0.4, 0.5) is 4.39 Å². The summed E-state index contributed by atoms with van der Waals surface area (Å²) in [5.41, 5.74) is 0.584. The van der Waals surface area contributed by atoms with Crippen molar-refractivity contribution in [3.8, 4) is 0 Å². The van der Waals surface area contributed by atoms with Gasteiger partial charge in [0.25, 0.3) is 0 Å². The van der Waals surface area contributed by atoms with E-state index in [4.69, 9.17) is 5.11 Å². The molecule has 0 bridgehead atoms. The Balaban J connectivity index is 2.54. The molecular weight excluding hydrogens is 183 g/mol. The first-order valence-electron chi connectivity index (χ1n) is 4.57. The molecule has 2 nitrogen and oxygen atoms in total. The largest absolute Gasteiger partial charge is 0.481 e. The van der Waals surface area contributed by atoms with E-state index in [1.807, 2.05) is 0 Å². The van der Waals surface area contributed by atoms with Gasteiger partial charge < -0.3 is 5.11 Å². The Hall–Kier alpha value is -1.38. The molecule has 1 N–H and O–H groups in total. The van der Waals surface area contributed by atoms with E-state index in [9.17, 15) is 9.18 Å². The summed E-state index contributed by atoms with van der Waals surface area (Å²) < 4.78 is 13.1. The summed E-state index contributed by atoms with van der Waals surface area (Å²) in [6.07, 6.45) is 0.941. The lowest BCUT2D eigenvalue weighted by atomic mass is 10.0. The van der Waals surface area contributed by atoms with Crippen LogP contribution < -0.4 is 0 Å². The molecule has 0 saturated carbocycles. The molecule has 0 unspecified atom stereocenters. The maximum Gasteiger partial charge on any atom is 0.306 e. The lowest BCUT2D eigenvalue weighted by molar-refractivity contribution is -0.141. The molecule has 0 aliphatic carbocycles. The van der Waals surface area contributed by atoms with Crippen molar-refractivity contribution in [3.63, 3.8) is 0 Å². The van der Waals surface area contributed by atoms with Crippen LogP contribution in [0.1, 0.15) is 18.9 Å². The predicted molar refractivity (Wildman–Crippen MR) is 51.5 cm³/mol. The summed E-state index contributed by atoms with van der Waals surface area (Å²) >= 11 is 0. The smallest absolute Gasteiger partial charge is 0.306 e. The van der Waals surface area contributed by atoms with Gasteiger partial charge in [-0.25, -0.2) is 4.39 Å². The Morgan fingerprint density at radius 3 is 2.71 bits per heavy atom. The van der Waals surface area contributed by atoms with E-state index < -0.39 is 11.9 Å². The molecule has 0 fully saturated rings. The van der Waals surface area contributed by atoms with Crippen molar-refractivity contribution in [2.75, 3.05) is 0 Å². The monoisotopic (exact) mass is 196 g/mol. The number of halogens is 1. The minimum absolute atomic E-state index is 0.259. The average molecular weight is 196 g/mol. The molecule has 1 aromatic rings. The Bertz CT molecular complexity index is 323. The van der Waals surface area contributed by atoms with E-state index >= 15 is 0 Å². The molecule has 0 aliphatic heterocycles. The van der Waals surface area contributed by atoms with Crippen LogP contribution >= 0.6 is 0 Å². The van der Waals surface area contributed by atoms with Crippen molar-refractivity contribution in [2.45, 2.75) is 19.8 Å².